The number of ether oxygens (including phenoxy) is 1. The normalized spacial score (nSPS) is 17.2. The van der Waals surface area contributed by atoms with Crippen molar-refractivity contribution in [3.8, 4) is 0 Å². The van der Waals surface area contributed by atoms with Crippen LogP contribution in [0.5, 0.6) is 0 Å². The van der Waals surface area contributed by atoms with Crippen LogP contribution in [0, 0.1) is 13.8 Å². The summed E-state index contributed by atoms with van der Waals surface area (Å²) in [7, 11) is 4.04. The molecule has 1 saturated heterocycles. The molecule has 0 saturated carbocycles. The molecule has 26 heavy (non-hydrogen) atoms. The number of nitrogens with zero attached hydrogens (tertiary/aromatic N) is 4. The van der Waals surface area contributed by atoms with Crippen molar-refractivity contribution in [1.29, 1.82) is 0 Å². The number of amides is 1. The molecule has 0 radical (unpaired) electrons. The minimum absolute atomic E-state index is 0.0317. The van der Waals surface area contributed by atoms with Crippen molar-refractivity contribution in [2.75, 3.05) is 40.3 Å². The predicted octanol–water partition coefficient (Wildman–Crippen LogP) is 2.43. The van der Waals surface area contributed by atoms with E-state index < -0.39 is 0 Å². The van der Waals surface area contributed by atoms with Gasteiger partial charge in [0.1, 0.15) is 0 Å². The fraction of sp³-hybridized carbons (Fsp3) is 0.550. The number of likely N-dealkylation sites (N-methyl/N-ethyl adjacent to an activating group) is 1. The van der Waals surface area contributed by atoms with Crippen LogP contribution in [0.1, 0.15) is 34.6 Å². The highest BCUT2D eigenvalue weighted by Gasteiger charge is 2.23. The van der Waals surface area contributed by atoms with Crippen LogP contribution in [0.3, 0.4) is 0 Å². The van der Waals surface area contributed by atoms with Crippen molar-refractivity contribution < 1.29 is 9.53 Å². The molecule has 1 aromatic heterocycles. The Balaban J connectivity index is 1.84. The van der Waals surface area contributed by atoms with Gasteiger partial charge in [0.2, 0.25) is 0 Å². The number of benzene rings is 1. The van der Waals surface area contributed by atoms with Crippen molar-refractivity contribution in [2.45, 2.75) is 32.8 Å². The van der Waals surface area contributed by atoms with Crippen LogP contribution in [-0.2, 0) is 4.74 Å². The number of hydrogen-bond acceptors (Lipinski definition) is 5. The number of carbonyl (C=O) groups is 1. The molecule has 0 bridgehead atoms. The topological polar surface area (TPSA) is 58.6 Å². The Morgan fingerprint density at radius 1 is 1.15 bits per heavy atom. The standard InChI is InChI=1S/C20H28N4O2/c1-14-15(2)22-19-12-16(7-8-18(19)21-14)20(25)24(10-9-23(3)4)13-17-6-5-11-26-17/h7-8,12,17H,5-6,9-11,13H2,1-4H3. The molecule has 0 spiro atoms. The first-order chi connectivity index (χ1) is 12.4. The third kappa shape index (κ3) is 4.37. The number of carbonyl (C=O) groups excluding carboxylic acids is 1. The summed E-state index contributed by atoms with van der Waals surface area (Å²) in [4.78, 5) is 26.3. The summed E-state index contributed by atoms with van der Waals surface area (Å²) >= 11 is 0. The van der Waals surface area contributed by atoms with Gasteiger partial charge in [-0.2, -0.15) is 0 Å². The number of rotatable bonds is 6. The first-order valence-electron chi connectivity index (χ1n) is 9.24. The molecule has 1 aromatic carbocycles. The monoisotopic (exact) mass is 356 g/mol. The second kappa shape index (κ2) is 8.10. The highest BCUT2D eigenvalue weighted by atomic mass is 16.5. The average molecular weight is 356 g/mol. The molecule has 0 aliphatic carbocycles. The maximum atomic E-state index is 13.1. The summed E-state index contributed by atoms with van der Waals surface area (Å²) in [6.45, 7) is 6.84. The van der Waals surface area contributed by atoms with E-state index in [2.05, 4.69) is 14.9 Å². The lowest BCUT2D eigenvalue weighted by atomic mass is 10.1. The van der Waals surface area contributed by atoms with Crippen LogP contribution >= 0.6 is 0 Å². The van der Waals surface area contributed by atoms with Crippen molar-refractivity contribution in [3.63, 3.8) is 0 Å². The Labute approximate surface area is 155 Å². The second-order valence-corrected chi connectivity index (χ2v) is 7.29. The van der Waals surface area contributed by atoms with Crippen LogP contribution in [0.2, 0.25) is 0 Å². The molecule has 6 nitrogen and oxygen atoms in total. The third-order valence-corrected chi connectivity index (χ3v) is 4.87. The zero-order valence-electron chi connectivity index (χ0n) is 16.2. The van der Waals surface area contributed by atoms with Gasteiger partial charge in [0.05, 0.1) is 28.5 Å². The van der Waals surface area contributed by atoms with Crippen LogP contribution in [-0.4, -0.2) is 72.1 Å². The highest BCUT2D eigenvalue weighted by Crippen LogP contribution is 2.18. The Bertz CT molecular complexity index is 785. The molecule has 6 heteroatoms. The summed E-state index contributed by atoms with van der Waals surface area (Å²) in [5, 5.41) is 0. The molecule has 1 aliphatic rings. The van der Waals surface area contributed by atoms with E-state index in [4.69, 9.17) is 4.74 Å². The first kappa shape index (κ1) is 18.7. The van der Waals surface area contributed by atoms with Gasteiger partial charge in [0, 0.05) is 31.8 Å². The molecule has 1 amide bonds. The van der Waals surface area contributed by atoms with Gasteiger partial charge in [-0.15, -0.1) is 0 Å². The van der Waals surface area contributed by atoms with Gasteiger partial charge >= 0.3 is 0 Å². The van der Waals surface area contributed by atoms with Gasteiger partial charge in [-0.25, -0.2) is 9.97 Å². The Kier molecular flexibility index (Phi) is 5.84. The first-order valence-corrected chi connectivity index (χ1v) is 9.24. The van der Waals surface area contributed by atoms with Crippen molar-refractivity contribution in [2.24, 2.45) is 0 Å². The smallest absolute Gasteiger partial charge is 0.254 e. The van der Waals surface area contributed by atoms with Gasteiger partial charge in [-0.3, -0.25) is 4.79 Å². The van der Waals surface area contributed by atoms with E-state index in [9.17, 15) is 4.79 Å². The number of aryl methyl sites for hydroxylation is 2. The van der Waals surface area contributed by atoms with E-state index in [0.717, 1.165) is 48.4 Å². The summed E-state index contributed by atoms with van der Waals surface area (Å²) in [5.41, 5.74) is 4.06. The SMILES string of the molecule is Cc1nc2ccc(C(=O)N(CCN(C)C)CC3CCCO3)cc2nc1C. The van der Waals surface area contributed by atoms with Gasteiger partial charge in [0.15, 0.2) is 0 Å². The molecule has 1 unspecified atom stereocenters. The van der Waals surface area contributed by atoms with E-state index in [1.54, 1.807) is 0 Å². The largest absolute Gasteiger partial charge is 0.376 e. The molecular weight excluding hydrogens is 328 g/mol. The molecule has 1 atom stereocenters. The number of aromatic nitrogens is 2. The Morgan fingerprint density at radius 2 is 1.88 bits per heavy atom. The summed E-state index contributed by atoms with van der Waals surface area (Å²) < 4.78 is 5.75. The van der Waals surface area contributed by atoms with Crippen LogP contribution in [0.15, 0.2) is 18.2 Å². The Morgan fingerprint density at radius 3 is 2.54 bits per heavy atom. The molecule has 2 aromatic rings. The zero-order chi connectivity index (χ0) is 18.7. The molecular formula is C20H28N4O2. The molecule has 140 valence electrons. The maximum Gasteiger partial charge on any atom is 0.254 e. The van der Waals surface area contributed by atoms with Crippen LogP contribution in [0.25, 0.3) is 11.0 Å². The van der Waals surface area contributed by atoms with Crippen LogP contribution < -0.4 is 0 Å². The van der Waals surface area contributed by atoms with Gasteiger partial charge in [-0.1, -0.05) is 0 Å². The van der Waals surface area contributed by atoms with E-state index >= 15 is 0 Å². The summed E-state index contributed by atoms with van der Waals surface area (Å²) in [6, 6.07) is 5.60. The van der Waals surface area contributed by atoms with Crippen molar-refractivity contribution >= 4 is 16.9 Å². The number of fused-ring (bicyclic) bond motifs is 1. The highest BCUT2D eigenvalue weighted by molar-refractivity contribution is 5.97. The minimum Gasteiger partial charge on any atom is -0.376 e. The molecule has 2 heterocycles. The van der Waals surface area contributed by atoms with Crippen molar-refractivity contribution in [3.05, 3.63) is 35.2 Å². The molecule has 3 rings (SSSR count). The van der Waals surface area contributed by atoms with E-state index in [-0.39, 0.29) is 12.0 Å². The fourth-order valence-electron chi connectivity index (χ4n) is 3.18. The number of hydrogen-bond donors (Lipinski definition) is 0. The van der Waals surface area contributed by atoms with E-state index in [0.29, 0.717) is 18.7 Å². The third-order valence-electron chi connectivity index (χ3n) is 4.87. The lowest BCUT2D eigenvalue weighted by Gasteiger charge is -2.27. The Hall–Kier alpha value is -2.05. The van der Waals surface area contributed by atoms with Gasteiger partial charge in [-0.05, 0) is 59.0 Å². The van der Waals surface area contributed by atoms with E-state index in [1.807, 2.05) is 51.0 Å². The van der Waals surface area contributed by atoms with E-state index in [1.165, 1.54) is 0 Å². The lowest BCUT2D eigenvalue weighted by Crippen LogP contribution is -2.41. The second-order valence-electron chi connectivity index (χ2n) is 7.29. The maximum absolute atomic E-state index is 13.1. The van der Waals surface area contributed by atoms with Gasteiger partial charge < -0.3 is 14.5 Å². The quantitative estimate of drug-likeness (QED) is 0.796. The molecule has 1 aliphatic heterocycles. The predicted molar refractivity (Wildman–Crippen MR) is 102 cm³/mol. The van der Waals surface area contributed by atoms with Crippen LogP contribution in [0.4, 0.5) is 0 Å². The van der Waals surface area contributed by atoms with Crippen molar-refractivity contribution in [1.82, 2.24) is 19.8 Å². The minimum atomic E-state index is 0.0317. The fourth-order valence-corrected chi connectivity index (χ4v) is 3.18. The molecule has 1 fully saturated rings. The summed E-state index contributed by atoms with van der Waals surface area (Å²) in [6.07, 6.45) is 2.24. The molecule has 0 N–H and O–H groups in total. The summed E-state index contributed by atoms with van der Waals surface area (Å²) in [5.74, 6) is 0.0317. The lowest BCUT2D eigenvalue weighted by molar-refractivity contribution is 0.0512. The zero-order valence-corrected chi connectivity index (χ0v) is 16.2. The van der Waals surface area contributed by atoms with Gasteiger partial charge in [0.25, 0.3) is 5.91 Å². The average Bonchev–Trinajstić information content (AvgIpc) is 3.11.